The predicted octanol–water partition coefficient (Wildman–Crippen LogP) is 3.33. The Kier molecular flexibility index (Phi) is 4.52. The number of aromatic nitrogens is 1. The minimum Gasteiger partial charge on any atom is -0.497 e. The van der Waals surface area contributed by atoms with E-state index in [1.165, 1.54) is 25.9 Å². The van der Waals surface area contributed by atoms with Gasteiger partial charge in [-0.25, -0.2) is 4.98 Å². The third-order valence-electron chi connectivity index (χ3n) is 5.44. The second-order valence-electron chi connectivity index (χ2n) is 7.30. The SMILES string of the molecule is COc1ccc(-c2nc(CN3CCN(C4CC4)CC3C)c(C)o2)cc1. The van der Waals surface area contributed by atoms with E-state index in [9.17, 15) is 0 Å². The molecule has 25 heavy (non-hydrogen) atoms. The van der Waals surface area contributed by atoms with Crippen molar-refractivity contribution in [2.24, 2.45) is 0 Å². The molecule has 2 heterocycles. The summed E-state index contributed by atoms with van der Waals surface area (Å²) in [5, 5.41) is 0. The summed E-state index contributed by atoms with van der Waals surface area (Å²) >= 11 is 0. The van der Waals surface area contributed by atoms with Crippen molar-refractivity contribution in [3.63, 3.8) is 0 Å². The second kappa shape index (κ2) is 6.81. The lowest BCUT2D eigenvalue weighted by molar-refractivity contribution is 0.0718. The summed E-state index contributed by atoms with van der Waals surface area (Å²) < 4.78 is 11.1. The summed E-state index contributed by atoms with van der Waals surface area (Å²) in [7, 11) is 1.67. The third-order valence-corrected chi connectivity index (χ3v) is 5.44. The molecule has 2 fully saturated rings. The van der Waals surface area contributed by atoms with Crippen LogP contribution in [0.25, 0.3) is 11.5 Å². The van der Waals surface area contributed by atoms with E-state index in [1.807, 2.05) is 31.2 Å². The molecule has 0 amide bonds. The van der Waals surface area contributed by atoms with Gasteiger partial charge in [-0.1, -0.05) is 0 Å². The monoisotopic (exact) mass is 341 g/mol. The average Bonchev–Trinajstić information content (AvgIpc) is 3.41. The molecule has 1 aliphatic heterocycles. The molecule has 1 aromatic heterocycles. The van der Waals surface area contributed by atoms with Gasteiger partial charge >= 0.3 is 0 Å². The van der Waals surface area contributed by atoms with Crippen LogP contribution in [-0.2, 0) is 6.54 Å². The average molecular weight is 341 g/mol. The predicted molar refractivity (Wildman–Crippen MR) is 97.7 cm³/mol. The normalized spacial score (nSPS) is 22.3. The van der Waals surface area contributed by atoms with E-state index in [0.29, 0.717) is 11.9 Å². The van der Waals surface area contributed by atoms with E-state index in [-0.39, 0.29) is 0 Å². The Morgan fingerprint density at radius 3 is 2.60 bits per heavy atom. The highest BCUT2D eigenvalue weighted by molar-refractivity contribution is 5.55. The van der Waals surface area contributed by atoms with Crippen LogP contribution < -0.4 is 4.74 Å². The Labute approximate surface area is 149 Å². The van der Waals surface area contributed by atoms with E-state index in [0.717, 1.165) is 41.9 Å². The van der Waals surface area contributed by atoms with Crippen molar-refractivity contribution in [3.8, 4) is 17.2 Å². The standard InChI is InChI=1S/C20H27N3O2/c1-14-12-23(17-6-7-17)11-10-22(14)13-19-15(2)25-20(21-19)16-4-8-18(24-3)9-5-16/h4-5,8-9,14,17H,6-7,10-13H2,1-3H3. The van der Waals surface area contributed by atoms with E-state index >= 15 is 0 Å². The van der Waals surface area contributed by atoms with Crippen LogP contribution in [0.1, 0.15) is 31.2 Å². The molecule has 1 unspecified atom stereocenters. The highest BCUT2D eigenvalue weighted by atomic mass is 16.5. The van der Waals surface area contributed by atoms with Gasteiger partial charge in [0.25, 0.3) is 0 Å². The van der Waals surface area contributed by atoms with E-state index in [2.05, 4.69) is 16.7 Å². The number of ether oxygens (including phenoxy) is 1. The zero-order valence-corrected chi connectivity index (χ0v) is 15.4. The molecular formula is C20H27N3O2. The molecule has 5 heteroatoms. The Bertz CT molecular complexity index is 721. The number of hydrogen-bond acceptors (Lipinski definition) is 5. The molecule has 0 spiro atoms. The number of methoxy groups -OCH3 is 1. The van der Waals surface area contributed by atoms with Gasteiger partial charge in [0.05, 0.1) is 12.8 Å². The van der Waals surface area contributed by atoms with Crippen molar-refractivity contribution in [1.29, 1.82) is 0 Å². The largest absolute Gasteiger partial charge is 0.497 e. The van der Waals surface area contributed by atoms with Gasteiger partial charge in [-0.3, -0.25) is 9.80 Å². The van der Waals surface area contributed by atoms with Gasteiger partial charge in [-0.05, 0) is 51.0 Å². The maximum Gasteiger partial charge on any atom is 0.226 e. The van der Waals surface area contributed by atoms with Gasteiger partial charge in [0, 0.05) is 43.8 Å². The van der Waals surface area contributed by atoms with Crippen molar-refractivity contribution in [2.75, 3.05) is 26.7 Å². The van der Waals surface area contributed by atoms with Crippen molar-refractivity contribution in [3.05, 3.63) is 35.7 Å². The first-order chi connectivity index (χ1) is 12.1. The first kappa shape index (κ1) is 16.6. The highest BCUT2D eigenvalue weighted by Gasteiger charge is 2.34. The summed E-state index contributed by atoms with van der Waals surface area (Å²) in [4.78, 5) is 9.95. The van der Waals surface area contributed by atoms with Crippen LogP contribution in [0.5, 0.6) is 5.75 Å². The molecule has 0 bridgehead atoms. The number of nitrogens with zero attached hydrogens (tertiary/aromatic N) is 3. The zero-order chi connectivity index (χ0) is 17.4. The Morgan fingerprint density at radius 1 is 1.20 bits per heavy atom. The lowest BCUT2D eigenvalue weighted by atomic mass is 10.1. The maximum atomic E-state index is 5.93. The van der Waals surface area contributed by atoms with Gasteiger partial charge in [0.15, 0.2) is 0 Å². The quantitative estimate of drug-likeness (QED) is 0.834. The van der Waals surface area contributed by atoms with Crippen LogP contribution in [0.4, 0.5) is 0 Å². The molecule has 1 aliphatic carbocycles. The molecule has 1 atom stereocenters. The first-order valence-electron chi connectivity index (χ1n) is 9.23. The molecule has 1 aromatic carbocycles. The Balaban J connectivity index is 1.44. The summed E-state index contributed by atoms with van der Waals surface area (Å²) in [6.45, 7) is 8.67. The summed E-state index contributed by atoms with van der Waals surface area (Å²) in [6.07, 6.45) is 2.78. The summed E-state index contributed by atoms with van der Waals surface area (Å²) in [6, 6.07) is 9.28. The van der Waals surface area contributed by atoms with Gasteiger partial charge < -0.3 is 9.15 Å². The number of benzene rings is 1. The minimum atomic E-state index is 0.565. The van der Waals surface area contributed by atoms with Gasteiger partial charge in [-0.15, -0.1) is 0 Å². The first-order valence-corrected chi connectivity index (χ1v) is 9.23. The number of aryl methyl sites for hydroxylation is 1. The Morgan fingerprint density at radius 2 is 1.96 bits per heavy atom. The molecule has 134 valence electrons. The van der Waals surface area contributed by atoms with E-state index in [4.69, 9.17) is 14.1 Å². The smallest absolute Gasteiger partial charge is 0.226 e. The van der Waals surface area contributed by atoms with Gasteiger partial charge in [-0.2, -0.15) is 0 Å². The maximum absolute atomic E-state index is 5.93. The van der Waals surface area contributed by atoms with Crippen molar-refractivity contribution in [2.45, 2.75) is 45.3 Å². The lowest BCUT2D eigenvalue weighted by Gasteiger charge is -2.39. The minimum absolute atomic E-state index is 0.565. The fourth-order valence-electron chi connectivity index (χ4n) is 3.65. The van der Waals surface area contributed by atoms with Crippen LogP contribution in [-0.4, -0.2) is 53.6 Å². The van der Waals surface area contributed by atoms with E-state index in [1.54, 1.807) is 7.11 Å². The molecule has 2 aromatic rings. The summed E-state index contributed by atoms with van der Waals surface area (Å²) in [5.41, 5.74) is 2.04. The van der Waals surface area contributed by atoms with Crippen LogP contribution in [0.2, 0.25) is 0 Å². The molecule has 0 radical (unpaired) electrons. The fraction of sp³-hybridized carbons (Fsp3) is 0.550. The number of piperazine rings is 1. The van der Waals surface area contributed by atoms with Gasteiger partial charge in [0.1, 0.15) is 11.5 Å². The Hall–Kier alpha value is -1.85. The molecule has 1 saturated carbocycles. The van der Waals surface area contributed by atoms with Gasteiger partial charge in [0.2, 0.25) is 5.89 Å². The number of oxazole rings is 1. The van der Waals surface area contributed by atoms with Crippen molar-refractivity contribution < 1.29 is 9.15 Å². The third kappa shape index (κ3) is 3.58. The topological polar surface area (TPSA) is 41.7 Å². The fourth-order valence-corrected chi connectivity index (χ4v) is 3.65. The number of rotatable bonds is 5. The van der Waals surface area contributed by atoms with E-state index < -0.39 is 0 Å². The van der Waals surface area contributed by atoms with Crippen LogP contribution >= 0.6 is 0 Å². The van der Waals surface area contributed by atoms with Crippen LogP contribution in [0.3, 0.4) is 0 Å². The zero-order valence-electron chi connectivity index (χ0n) is 15.4. The van der Waals surface area contributed by atoms with Crippen LogP contribution in [0.15, 0.2) is 28.7 Å². The molecule has 2 aliphatic rings. The molecular weight excluding hydrogens is 314 g/mol. The lowest BCUT2D eigenvalue weighted by Crippen LogP contribution is -2.52. The molecule has 1 saturated heterocycles. The van der Waals surface area contributed by atoms with Crippen molar-refractivity contribution >= 4 is 0 Å². The second-order valence-corrected chi connectivity index (χ2v) is 7.30. The number of hydrogen-bond donors (Lipinski definition) is 0. The molecule has 4 rings (SSSR count). The highest BCUT2D eigenvalue weighted by Crippen LogP contribution is 2.30. The molecule has 5 nitrogen and oxygen atoms in total. The summed E-state index contributed by atoms with van der Waals surface area (Å²) in [5.74, 6) is 2.46. The molecule has 0 N–H and O–H groups in total. The van der Waals surface area contributed by atoms with Crippen molar-refractivity contribution in [1.82, 2.24) is 14.8 Å². The van der Waals surface area contributed by atoms with Crippen LogP contribution in [0, 0.1) is 6.92 Å².